The Bertz CT molecular complexity index is 424. The van der Waals surface area contributed by atoms with Crippen molar-refractivity contribution in [3.05, 3.63) is 22.4 Å². The van der Waals surface area contributed by atoms with Gasteiger partial charge in [0.2, 0.25) is 0 Å². The largest absolute Gasteiger partial charge is 0.469 e. The molecular formula is C15H26IN3O2S. The lowest BCUT2D eigenvalue weighted by Gasteiger charge is -2.11. The van der Waals surface area contributed by atoms with E-state index in [2.05, 4.69) is 37.2 Å². The Balaban J connectivity index is 0.00000441. The van der Waals surface area contributed by atoms with Gasteiger partial charge in [0, 0.05) is 26.6 Å². The first-order valence-corrected chi connectivity index (χ1v) is 8.23. The standard InChI is InChI=1S/C15H25N3O2S.HI/c1-16-15(18-11-13-8-10-21-12-13)17-9-6-4-3-5-7-14(19)20-2;/h8,10,12H,3-7,9,11H2,1-2H3,(H2,16,17,18);1H. The minimum Gasteiger partial charge on any atom is -0.469 e. The first kappa shape index (κ1) is 21.2. The van der Waals surface area contributed by atoms with Gasteiger partial charge in [-0.25, -0.2) is 0 Å². The van der Waals surface area contributed by atoms with Crippen LogP contribution in [0.4, 0.5) is 0 Å². The fourth-order valence-electron chi connectivity index (χ4n) is 1.86. The molecule has 0 aliphatic heterocycles. The lowest BCUT2D eigenvalue weighted by Crippen LogP contribution is -2.37. The Hall–Kier alpha value is -0.830. The number of hydrogen-bond donors (Lipinski definition) is 2. The smallest absolute Gasteiger partial charge is 0.305 e. The van der Waals surface area contributed by atoms with Crippen LogP contribution in [-0.2, 0) is 16.1 Å². The summed E-state index contributed by atoms with van der Waals surface area (Å²) in [7, 11) is 3.21. The topological polar surface area (TPSA) is 62.7 Å². The van der Waals surface area contributed by atoms with Crippen LogP contribution in [0.15, 0.2) is 21.8 Å². The number of aliphatic imine (C=N–C) groups is 1. The van der Waals surface area contributed by atoms with Crippen molar-refractivity contribution in [2.24, 2.45) is 4.99 Å². The summed E-state index contributed by atoms with van der Waals surface area (Å²) in [5.41, 5.74) is 1.27. The maximum absolute atomic E-state index is 10.9. The van der Waals surface area contributed by atoms with Gasteiger partial charge in [0.05, 0.1) is 7.11 Å². The maximum atomic E-state index is 10.9. The Kier molecular flexibility index (Phi) is 13.3. The van der Waals surface area contributed by atoms with Crippen molar-refractivity contribution in [1.82, 2.24) is 10.6 Å². The Morgan fingerprint density at radius 2 is 2.05 bits per heavy atom. The van der Waals surface area contributed by atoms with E-state index in [-0.39, 0.29) is 29.9 Å². The van der Waals surface area contributed by atoms with E-state index in [1.54, 1.807) is 18.4 Å². The summed E-state index contributed by atoms with van der Waals surface area (Å²) in [4.78, 5) is 15.1. The molecule has 7 heteroatoms. The molecule has 1 heterocycles. The number of unbranched alkanes of at least 4 members (excludes halogenated alkanes) is 3. The van der Waals surface area contributed by atoms with Crippen LogP contribution in [0.3, 0.4) is 0 Å². The zero-order chi connectivity index (χ0) is 15.3. The quantitative estimate of drug-likeness (QED) is 0.204. The van der Waals surface area contributed by atoms with Crippen molar-refractivity contribution in [3.8, 4) is 0 Å². The Labute approximate surface area is 154 Å². The van der Waals surface area contributed by atoms with Crippen LogP contribution in [0.5, 0.6) is 0 Å². The molecule has 0 bridgehead atoms. The number of methoxy groups -OCH3 is 1. The van der Waals surface area contributed by atoms with Gasteiger partial charge >= 0.3 is 5.97 Å². The number of carbonyl (C=O) groups excluding carboxylic acids is 1. The molecule has 1 aromatic rings. The fraction of sp³-hybridized carbons (Fsp3) is 0.600. The van der Waals surface area contributed by atoms with Crippen molar-refractivity contribution in [1.29, 1.82) is 0 Å². The Morgan fingerprint density at radius 1 is 1.27 bits per heavy atom. The van der Waals surface area contributed by atoms with Crippen LogP contribution in [0.25, 0.3) is 0 Å². The summed E-state index contributed by atoms with van der Waals surface area (Å²) < 4.78 is 4.61. The van der Waals surface area contributed by atoms with Crippen molar-refractivity contribution in [2.45, 2.75) is 38.6 Å². The third-order valence-corrected chi connectivity index (χ3v) is 3.82. The molecular weight excluding hydrogens is 413 g/mol. The van der Waals surface area contributed by atoms with Gasteiger partial charge in [0.25, 0.3) is 0 Å². The molecule has 1 aromatic heterocycles. The van der Waals surface area contributed by atoms with E-state index in [1.165, 1.54) is 12.7 Å². The van der Waals surface area contributed by atoms with E-state index >= 15 is 0 Å². The van der Waals surface area contributed by atoms with Gasteiger partial charge in [0.1, 0.15) is 0 Å². The molecule has 0 saturated carbocycles. The second-order valence-electron chi connectivity index (χ2n) is 4.72. The van der Waals surface area contributed by atoms with E-state index in [0.717, 1.165) is 44.7 Å². The first-order chi connectivity index (χ1) is 10.3. The van der Waals surface area contributed by atoms with E-state index in [4.69, 9.17) is 0 Å². The zero-order valence-electron chi connectivity index (χ0n) is 13.3. The molecule has 0 radical (unpaired) electrons. The number of nitrogens with zero attached hydrogens (tertiary/aromatic N) is 1. The summed E-state index contributed by atoms with van der Waals surface area (Å²) in [6, 6.07) is 2.10. The summed E-state index contributed by atoms with van der Waals surface area (Å²) in [5, 5.41) is 10.8. The minimum absolute atomic E-state index is 0. The van der Waals surface area contributed by atoms with Crippen molar-refractivity contribution >= 4 is 47.2 Å². The van der Waals surface area contributed by atoms with Crippen LogP contribution in [0, 0.1) is 0 Å². The van der Waals surface area contributed by atoms with Gasteiger partial charge in [-0.2, -0.15) is 11.3 Å². The molecule has 0 aromatic carbocycles. The minimum atomic E-state index is -0.119. The van der Waals surface area contributed by atoms with E-state index in [1.807, 2.05) is 0 Å². The highest BCUT2D eigenvalue weighted by Crippen LogP contribution is 2.05. The molecule has 1 rings (SSSR count). The third kappa shape index (κ3) is 9.99. The molecule has 5 nitrogen and oxygen atoms in total. The average molecular weight is 439 g/mol. The van der Waals surface area contributed by atoms with Crippen LogP contribution in [0.2, 0.25) is 0 Å². The molecule has 0 amide bonds. The predicted molar refractivity (Wildman–Crippen MR) is 103 cm³/mol. The van der Waals surface area contributed by atoms with Crippen LogP contribution in [-0.4, -0.2) is 32.6 Å². The van der Waals surface area contributed by atoms with Crippen molar-refractivity contribution < 1.29 is 9.53 Å². The monoisotopic (exact) mass is 439 g/mol. The number of nitrogens with one attached hydrogen (secondary N) is 2. The number of halogens is 1. The van der Waals surface area contributed by atoms with Gasteiger partial charge in [-0.3, -0.25) is 9.79 Å². The fourth-order valence-corrected chi connectivity index (χ4v) is 2.52. The highest BCUT2D eigenvalue weighted by atomic mass is 127. The van der Waals surface area contributed by atoms with Gasteiger partial charge < -0.3 is 15.4 Å². The molecule has 0 aliphatic carbocycles. The summed E-state index contributed by atoms with van der Waals surface area (Å²) >= 11 is 1.70. The molecule has 0 atom stereocenters. The molecule has 0 saturated heterocycles. The number of hydrogen-bond acceptors (Lipinski definition) is 4. The molecule has 0 spiro atoms. The van der Waals surface area contributed by atoms with Gasteiger partial charge in [0.15, 0.2) is 5.96 Å². The highest BCUT2D eigenvalue weighted by Gasteiger charge is 2.00. The molecule has 0 fully saturated rings. The lowest BCUT2D eigenvalue weighted by molar-refractivity contribution is -0.140. The van der Waals surface area contributed by atoms with E-state index in [9.17, 15) is 4.79 Å². The SMILES string of the molecule is CN=C(NCCCCCCC(=O)OC)NCc1ccsc1.I. The summed E-state index contributed by atoms with van der Waals surface area (Å²) in [5.74, 6) is 0.710. The Morgan fingerprint density at radius 3 is 2.68 bits per heavy atom. The van der Waals surface area contributed by atoms with Crippen molar-refractivity contribution in [2.75, 3.05) is 20.7 Å². The highest BCUT2D eigenvalue weighted by molar-refractivity contribution is 14.0. The first-order valence-electron chi connectivity index (χ1n) is 7.28. The number of rotatable bonds is 9. The lowest BCUT2D eigenvalue weighted by atomic mass is 10.1. The normalized spacial score (nSPS) is 10.7. The number of ether oxygens (including phenoxy) is 1. The number of guanidine groups is 1. The second kappa shape index (κ2) is 13.8. The molecule has 22 heavy (non-hydrogen) atoms. The molecule has 0 aliphatic rings. The molecule has 2 N–H and O–H groups in total. The number of esters is 1. The zero-order valence-corrected chi connectivity index (χ0v) is 16.4. The molecule has 0 unspecified atom stereocenters. The summed E-state index contributed by atoms with van der Waals surface area (Å²) in [6.07, 6.45) is 4.65. The van der Waals surface area contributed by atoms with E-state index in [0.29, 0.717) is 6.42 Å². The van der Waals surface area contributed by atoms with E-state index < -0.39 is 0 Å². The second-order valence-corrected chi connectivity index (χ2v) is 5.50. The van der Waals surface area contributed by atoms with Gasteiger partial charge in [-0.15, -0.1) is 24.0 Å². The van der Waals surface area contributed by atoms with Crippen LogP contribution in [0.1, 0.15) is 37.7 Å². The summed E-state index contributed by atoms with van der Waals surface area (Å²) in [6.45, 7) is 1.68. The number of thiophene rings is 1. The average Bonchev–Trinajstić information content (AvgIpc) is 3.02. The predicted octanol–water partition coefficient (Wildman–Crippen LogP) is 3.15. The number of carbonyl (C=O) groups is 1. The van der Waals surface area contributed by atoms with Crippen LogP contribution < -0.4 is 10.6 Å². The van der Waals surface area contributed by atoms with Gasteiger partial charge in [-0.1, -0.05) is 12.8 Å². The third-order valence-electron chi connectivity index (χ3n) is 3.09. The molecule has 126 valence electrons. The van der Waals surface area contributed by atoms with Crippen LogP contribution >= 0.6 is 35.3 Å². The van der Waals surface area contributed by atoms with Gasteiger partial charge in [-0.05, 0) is 35.2 Å². The van der Waals surface area contributed by atoms with Crippen molar-refractivity contribution in [3.63, 3.8) is 0 Å². The maximum Gasteiger partial charge on any atom is 0.305 e.